The second kappa shape index (κ2) is 5.97. The molecule has 0 saturated carbocycles. The molecule has 1 aromatic heterocycles. The van der Waals surface area contributed by atoms with Crippen LogP contribution in [-0.4, -0.2) is 16.9 Å². The molecule has 0 spiro atoms. The zero-order valence-electron chi connectivity index (χ0n) is 12.3. The molecule has 4 nitrogen and oxygen atoms in total. The average Bonchev–Trinajstić information content (AvgIpc) is 2.65. The van der Waals surface area contributed by atoms with E-state index in [9.17, 15) is 0 Å². The van der Waals surface area contributed by atoms with Gasteiger partial charge in [0.15, 0.2) is 0 Å². The van der Waals surface area contributed by atoms with Crippen LogP contribution in [0.25, 0.3) is 0 Å². The van der Waals surface area contributed by atoms with Gasteiger partial charge >= 0.3 is 0 Å². The molecule has 2 aromatic rings. The molecule has 0 aliphatic carbocycles. The normalized spacial score (nSPS) is 12.5. The molecule has 2 rings (SSSR count). The van der Waals surface area contributed by atoms with Crippen molar-refractivity contribution < 1.29 is 4.74 Å². The van der Waals surface area contributed by atoms with Crippen LogP contribution >= 0.6 is 15.9 Å². The second-order valence-electron chi connectivity index (χ2n) is 5.03. The monoisotopic (exact) mass is 337 g/mol. The number of benzene rings is 1. The van der Waals surface area contributed by atoms with Crippen LogP contribution in [0.2, 0.25) is 0 Å². The van der Waals surface area contributed by atoms with E-state index in [-0.39, 0.29) is 6.04 Å². The number of ether oxygens (including phenoxy) is 1. The van der Waals surface area contributed by atoms with Gasteiger partial charge in [0.2, 0.25) is 0 Å². The van der Waals surface area contributed by atoms with E-state index in [0.717, 1.165) is 27.2 Å². The highest BCUT2D eigenvalue weighted by Gasteiger charge is 2.18. The van der Waals surface area contributed by atoms with E-state index < -0.39 is 0 Å². The summed E-state index contributed by atoms with van der Waals surface area (Å²) in [5, 5.41) is 4.40. The van der Waals surface area contributed by atoms with Gasteiger partial charge in [0, 0.05) is 25.1 Å². The fraction of sp³-hybridized carbons (Fsp3) is 0.400. The number of nitrogens with zero attached hydrogens (tertiary/aromatic N) is 2. The molecule has 0 bridgehead atoms. The molecular formula is C15H20BrN3O. The Hall–Kier alpha value is -1.33. The maximum Gasteiger partial charge on any atom is 0.123 e. The van der Waals surface area contributed by atoms with Crippen molar-refractivity contribution in [2.45, 2.75) is 26.3 Å². The predicted octanol–water partition coefficient (Wildman–Crippen LogP) is 3.05. The zero-order valence-corrected chi connectivity index (χ0v) is 13.9. The Kier molecular flexibility index (Phi) is 4.50. The van der Waals surface area contributed by atoms with Crippen molar-refractivity contribution in [3.05, 3.63) is 45.2 Å². The molecule has 108 valence electrons. The summed E-state index contributed by atoms with van der Waals surface area (Å²) in [6.07, 6.45) is 0.706. The number of methoxy groups -OCH3 is 1. The zero-order chi connectivity index (χ0) is 14.9. The molecule has 0 saturated heterocycles. The first-order valence-electron chi connectivity index (χ1n) is 6.52. The largest absolute Gasteiger partial charge is 0.496 e. The number of hydrogen-bond acceptors (Lipinski definition) is 3. The van der Waals surface area contributed by atoms with Crippen LogP contribution in [0.15, 0.2) is 22.7 Å². The van der Waals surface area contributed by atoms with Crippen molar-refractivity contribution in [3.8, 4) is 5.75 Å². The number of aryl methyl sites for hydroxylation is 3. The van der Waals surface area contributed by atoms with Crippen LogP contribution in [0.5, 0.6) is 5.75 Å². The van der Waals surface area contributed by atoms with E-state index in [4.69, 9.17) is 10.5 Å². The highest BCUT2D eigenvalue weighted by Crippen LogP contribution is 2.30. The topological polar surface area (TPSA) is 53.1 Å². The summed E-state index contributed by atoms with van der Waals surface area (Å²) in [6, 6.07) is 5.95. The summed E-state index contributed by atoms with van der Waals surface area (Å²) in [5.41, 5.74) is 10.7. The minimum Gasteiger partial charge on any atom is -0.496 e. The fourth-order valence-electron chi connectivity index (χ4n) is 2.36. The maximum absolute atomic E-state index is 6.38. The van der Waals surface area contributed by atoms with Crippen LogP contribution in [0, 0.1) is 13.8 Å². The first-order chi connectivity index (χ1) is 9.43. The van der Waals surface area contributed by atoms with Crippen molar-refractivity contribution in [1.29, 1.82) is 0 Å². The highest BCUT2D eigenvalue weighted by atomic mass is 79.9. The van der Waals surface area contributed by atoms with E-state index in [2.05, 4.69) is 34.0 Å². The van der Waals surface area contributed by atoms with Crippen molar-refractivity contribution in [1.82, 2.24) is 9.78 Å². The van der Waals surface area contributed by atoms with Gasteiger partial charge in [-0.25, -0.2) is 0 Å². The van der Waals surface area contributed by atoms with Gasteiger partial charge in [-0.1, -0.05) is 17.7 Å². The quantitative estimate of drug-likeness (QED) is 0.932. The number of rotatable bonds is 4. The summed E-state index contributed by atoms with van der Waals surface area (Å²) in [7, 11) is 3.61. The first-order valence-corrected chi connectivity index (χ1v) is 7.31. The van der Waals surface area contributed by atoms with Crippen molar-refractivity contribution in [2.75, 3.05) is 7.11 Å². The summed E-state index contributed by atoms with van der Waals surface area (Å²) >= 11 is 3.58. The van der Waals surface area contributed by atoms with Crippen LogP contribution in [0.1, 0.15) is 28.6 Å². The Morgan fingerprint density at radius 2 is 2.10 bits per heavy atom. The smallest absolute Gasteiger partial charge is 0.123 e. The molecule has 0 aliphatic heterocycles. The lowest BCUT2D eigenvalue weighted by atomic mass is 9.99. The highest BCUT2D eigenvalue weighted by molar-refractivity contribution is 9.10. The third kappa shape index (κ3) is 2.88. The van der Waals surface area contributed by atoms with Crippen LogP contribution in [-0.2, 0) is 13.5 Å². The van der Waals surface area contributed by atoms with Crippen molar-refractivity contribution >= 4 is 15.9 Å². The minimum atomic E-state index is -0.129. The molecule has 0 aliphatic rings. The fourth-order valence-corrected chi connectivity index (χ4v) is 2.86. The minimum absolute atomic E-state index is 0.129. The predicted molar refractivity (Wildman–Crippen MR) is 84.0 cm³/mol. The molecule has 1 aromatic carbocycles. The molecule has 1 heterocycles. The van der Waals surface area contributed by atoms with Gasteiger partial charge in [-0.2, -0.15) is 5.10 Å². The second-order valence-corrected chi connectivity index (χ2v) is 5.82. The molecule has 5 heteroatoms. The van der Waals surface area contributed by atoms with Gasteiger partial charge in [0.25, 0.3) is 0 Å². The average molecular weight is 338 g/mol. The third-order valence-corrected chi connectivity index (χ3v) is 4.49. The first kappa shape index (κ1) is 15.1. The number of hydrogen-bond donors (Lipinski definition) is 1. The van der Waals surface area contributed by atoms with Gasteiger partial charge < -0.3 is 10.5 Å². The van der Waals surface area contributed by atoms with Crippen LogP contribution in [0.4, 0.5) is 0 Å². The number of nitrogens with two attached hydrogens (primary N) is 1. The lowest BCUT2D eigenvalue weighted by molar-refractivity contribution is 0.405. The van der Waals surface area contributed by atoms with Crippen LogP contribution in [0.3, 0.4) is 0 Å². The molecule has 20 heavy (non-hydrogen) atoms. The Bertz CT molecular complexity index is 622. The summed E-state index contributed by atoms with van der Waals surface area (Å²) in [6.45, 7) is 4.03. The lowest BCUT2D eigenvalue weighted by Gasteiger charge is -2.17. The van der Waals surface area contributed by atoms with Crippen LogP contribution < -0.4 is 10.5 Å². The molecule has 1 atom stereocenters. The molecule has 0 radical (unpaired) electrons. The Morgan fingerprint density at radius 3 is 2.65 bits per heavy atom. The SMILES string of the molecule is COc1ccc(C)cc1C(N)Cc1c(Br)c(C)nn1C. The summed E-state index contributed by atoms with van der Waals surface area (Å²) in [5.74, 6) is 0.832. The number of aromatic nitrogens is 2. The van der Waals surface area contributed by atoms with Crippen molar-refractivity contribution in [3.63, 3.8) is 0 Å². The Morgan fingerprint density at radius 1 is 1.40 bits per heavy atom. The standard InChI is InChI=1S/C15H20BrN3O/c1-9-5-6-14(20-4)11(7-9)12(17)8-13-15(16)10(2)18-19(13)3/h5-7,12H,8,17H2,1-4H3. The van der Waals surface area contributed by atoms with E-state index in [0.29, 0.717) is 6.42 Å². The molecule has 0 fully saturated rings. The Labute approximate surface area is 128 Å². The molecule has 2 N–H and O–H groups in total. The van der Waals surface area contributed by atoms with Gasteiger partial charge in [0.1, 0.15) is 5.75 Å². The van der Waals surface area contributed by atoms with E-state index >= 15 is 0 Å². The van der Waals surface area contributed by atoms with Gasteiger partial charge in [0.05, 0.1) is 23.0 Å². The maximum atomic E-state index is 6.38. The third-order valence-electron chi connectivity index (χ3n) is 3.46. The van der Waals surface area contributed by atoms with E-state index in [1.165, 1.54) is 5.56 Å². The van der Waals surface area contributed by atoms with Gasteiger partial charge in [-0.05, 0) is 35.8 Å². The lowest BCUT2D eigenvalue weighted by Crippen LogP contribution is -2.16. The van der Waals surface area contributed by atoms with Crippen molar-refractivity contribution in [2.24, 2.45) is 12.8 Å². The molecular weight excluding hydrogens is 318 g/mol. The summed E-state index contributed by atoms with van der Waals surface area (Å²) in [4.78, 5) is 0. The molecule has 1 unspecified atom stereocenters. The summed E-state index contributed by atoms with van der Waals surface area (Å²) < 4.78 is 8.32. The van der Waals surface area contributed by atoms with E-state index in [1.54, 1.807) is 7.11 Å². The Balaban J connectivity index is 2.32. The van der Waals surface area contributed by atoms with E-state index in [1.807, 2.05) is 30.8 Å². The van der Waals surface area contributed by atoms with Gasteiger partial charge in [-0.15, -0.1) is 0 Å². The molecule has 0 amide bonds. The van der Waals surface area contributed by atoms with Gasteiger partial charge in [-0.3, -0.25) is 4.68 Å². The number of halogens is 1.